The molecule has 0 amide bonds. The monoisotopic (exact) mass is 218 g/mol. The molecule has 84 valence electrons. The summed E-state index contributed by atoms with van der Waals surface area (Å²) >= 11 is 0. The summed E-state index contributed by atoms with van der Waals surface area (Å²) in [6.45, 7) is 9.60. The predicted molar refractivity (Wildman–Crippen MR) is 63.7 cm³/mol. The zero-order valence-electron chi connectivity index (χ0n) is 9.50. The Hall–Kier alpha value is 0.0900. The third kappa shape index (κ3) is 8.68. The van der Waals surface area contributed by atoms with Gasteiger partial charge in [-0.15, -0.1) is 6.58 Å². The first-order chi connectivity index (χ1) is 6.85. The predicted octanol–water partition coefficient (Wildman–Crippen LogP) is 4.12. The smallest absolute Gasteiger partial charge is 0.170 e. The summed E-state index contributed by atoms with van der Waals surface area (Å²) in [6, 6.07) is 0. The van der Waals surface area contributed by atoms with Gasteiger partial charge in [-0.2, -0.15) is 0 Å². The minimum absolute atomic E-state index is 0.632. The number of allylic oxidation sites excluding steroid dienone is 1. The lowest BCUT2D eigenvalue weighted by Gasteiger charge is -2.16. The van der Waals surface area contributed by atoms with Crippen LogP contribution in [0.25, 0.3) is 0 Å². The maximum atomic E-state index is 5.65. The van der Waals surface area contributed by atoms with Crippen LogP contribution in [-0.4, -0.2) is 19.4 Å². The van der Waals surface area contributed by atoms with Gasteiger partial charge in [0.15, 0.2) is 8.38 Å². The van der Waals surface area contributed by atoms with Gasteiger partial charge in [0.2, 0.25) is 0 Å². The van der Waals surface area contributed by atoms with Gasteiger partial charge in [-0.25, -0.2) is 0 Å². The molecule has 0 N–H and O–H groups in total. The van der Waals surface area contributed by atoms with Crippen molar-refractivity contribution in [3.63, 3.8) is 0 Å². The Kier molecular flexibility index (Phi) is 11.2. The second-order valence-corrected chi connectivity index (χ2v) is 4.78. The van der Waals surface area contributed by atoms with Crippen LogP contribution < -0.4 is 0 Å². The van der Waals surface area contributed by atoms with E-state index in [1.807, 2.05) is 6.08 Å². The zero-order chi connectivity index (χ0) is 10.6. The number of hydrogen-bond acceptors (Lipinski definition) is 2. The van der Waals surface area contributed by atoms with Crippen LogP contribution in [-0.2, 0) is 9.05 Å². The van der Waals surface area contributed by atoms with Crippen LogP contribution in [0.2, 0.25) is 0 Å². The fourth-order valence-corrected chi connectivity index (χ4v) is 2.46. The molecule has 0 saturated carbocycles. The summed E-state index contributed by atoms with van der Waals surface area (Å²) in [5.41, 5.74) is 0. The standard InChI is InChI=1S/C11H23O2P/c1-4-7-8-11-14(12-9-5-2)13-10-6-3/h4H,1,5-11H2,2-3H3. The van der Waals surface area contributed by atoms with Gasteiger partial charge < -0.3 is 9.05 Å². The van der Waals surface area contributed by atoms with Crippen molar-refractivity contribution in [2.24, 2.45) is 0 Å². The van der Waals surface area contributed by atoms with E-state index in [4.69, 9.17) is 9.05 Å². The second-order valence-electron chi connectivity index (χ2n) is 3.15. The van der Waals surface area contributed by atoms with Crippen LogP contribution in [0.15, 0.2) is 12.7 Å². The maximum absolute atomic E-state index is 5.65. The van der Waals surface area contributed by atoms with E-state index in [1.54, 1.807) is 0 Å². The number of rotatable bonds is 10. The fraction of sp³-hybridized carbons (Fsp3) is 0.818. The van der Waals surface area contributed by atoms with E-state index in [-0.39, 0.29) is 0 Å². The summed E-state index contributed by atoms with van der Waals surface area (Å²) in [6.07, 6.45) is 7.31. The molecule has 3 heteroatoms. The van der Waals surface area contributed by atoms with Gasteiger partial charge in [-0.1, -0.05) is 19.9 Å². The molecule has 0 aromatic carbocycles. The molecule has 0 aliphatic heterocycles. The minimum Gasteiger partial charge on any atom is -0.334 e. The summed E-state index contributed by atoms with van der Waals surface area (Å²) < 4.78 is 11.3. The van der Waals surface area contributed by atoms with Gasteiger partial charge in [0.1, 0.15) is 0 Å². The lowest BCUT2D eigenvalue weighted by atomic mass is 10.3. The van der Waals surface area contributed by atoms with Gasteiger partial charge in [-0.3, -0.25) is 0 Å². The average Bonchev–Trinajstić information content (AvgIpc) is 2.21. The molecule has 0 fully saturated rings. The van der Waals surface area contributed by atoms with Crippen LogP contribution in [0.3, 0.4) is 0 Å². The van der Waals surface area contributed by atoms with Crippen LogP contribution in [0, 0.1) is 0 Å². The molecule has 0 spiro atoms. The van der Waals surface area contributed by atoms with Crippen molar-refractivity contribution < 1.29 is 9.05 Å². The highest BCUT2D eigenvalue weighted by Crippen LogP contribution is 2.39. The summed E-state index contributed by atoms with van der Waals surface area (Å²) in [5, 5.41) is 0. The first kappa shape index (κ1) is 14.1. The van der Waals surface area contributed by atoms with E-state index in [2.05, 4.69) is 20.4 Å². The summed E-state index contributed by atoms with van der Waals surface area (Å²) in [4.78, 5) is 0. The van der Waals surface area contributed by atoms with Crippen molar-refractivity contribution in [3.05, 3.63) is 12.7 Å². The van der Waals surface area contributed by atoms with Gasteiger partial charge in [0, 0.05) is 6.16 Å². The highest BCUT2D eigenvalue weighted by molar-refractivity contribution is 7.47. The first-order valence-electron chi connectivity index (χ1n) is 5.49. The molecule has 0 aliphatic carbocycles. The lowest BCUT2D eigenvalue weighted by molar-refractivity contribution is 0.249. The van der Waals surface area contributed by atoms with Crippen molar-refractivity contribution in [2.45, 2.75) is 39.5 Å². The van der Waals surface area contributed by atoms with Crippen molar-refractivity contribution in [1.29, 1.82) is 0 Å². The number of hydrogen-bond donors (Lipinski definition) is 0. The molecule has 0 aromatic heterocycles. The molecule has 0 aromatic rings. The van der Waals surface area contributed by atoms with Crippen LogP contribution >= 0.6 is 8.38 Å². The third-order valence-corrected chi connectivity index (χ3v) is 3.25. The Morgan fingerprint density at radius 1 is 1.14 bits per heavy atom. The Morgan fingerprint density at radius 3 is 2.14 bits per heavy atom. The van der Waals surface area contributed by atoms with E-state index in [1.165, 1.54) is 0 Å². The largest absolute Gasteiger partial charge is 0.334 e. The molecule has 14 heavy (non-hydrogen) atoms. The van der Waals surface area contributed by atoms with Crippen molar-refractivity contribution in [2.75, 3.05) is 19.4 Å². The third-order valence-electron chi connectivity index (χ3n) is 1.63. The van der Waals surface area contributed by atoms with Crippen molar-refractivity contribution >= 4 is 8.38 Å². The van der Waals surface area contributed by atoms with Crippen LogP contribution in [0.4, 0.5) is 0 Å². The van der Waals surface area contributed by atoms with E-state index in [0.717, 1.165) is 45.1 Å². The Bertz CT molecular complexity index is 120. The lowest BCUT2D eigenvalue weighted by Crippen LogP contribution is -1.97. The van der Waals surface area contributed by atoms with Gasteiger partial charge in [0.25, 0.3) is 0 Å². The molecular formula is C11H23O2P. The Morgan fingerprint density at radius 2 is 1.71 bits per heavy atom. The van der Waals surface area contributed by atoms with Gasteiger partial charge >= 0.3 is 0 Å². The summed E-state index contributed by atoms with van der Waals surface area (Å²) in [7, 11) is -0.632. The molecule has 0 aliphatic rings. The molecule has 0 saturated heterocycles. The molecule has 0 bridgehead atoms. The quantitative estimate of drug-likeness (QED) is 0.312. The van der Waals surface area contributed by atoms with E-state index in [9.17, 15) is 0 Å². The van der Waals surface area contributed by atoms with Crippen molar-refractivity contribution in [3.8, 4) is 0 Å². The van der Waals surface area contributed by atoms with Gasteiger partial charge in [0.05, 0.1) is 13.2 Å². The van der Waals surface area contributed by atoms with Crippen LogP contribution in [0.5, 0.6) is 0 Å². The SMILES string of the molecule is C=CCCCP(OCCC)OCCC. The first-order valence-corrected chi connectivity index (χ1v) is 6.85. The van der Waals surface area contributed by atoms with Gasteiger partial charge in [-0.05, 0) is 25.7 Å². The topological polar surface area (TPSA) is 18.5 Å². The zero-order valence-corrected chi connectivity index (χ0v) is 10.4. The highest BCUT2D eigenvalue weighted by Gasteiger charge is 2.08. The summed E-state index contributed by atoms with van der Waals surface area (Å²) in [5.74, 6) is 0. The average molecular weight is 218 g/mol. The highest BCUT2D eigenvalue weighted by atomic mass is 31.2. The van der Waals surface area contributed by atoms with Crippen molar-refractivity contribution in [1.82, 2.24) is 0 Å². The molecule has 0 radical (unpaired) electrons. The second kappa shape index (κ2) is 11.2. The maximum Gasteiger partial charge on any atom is 0.170 e. The minimum atomic E-state index is -0.632. The molecule has 2 nitrogen and oxygen atoms in total. The molecule has 0 heterocycles. The van der Waals surface area contributed by atoms with E-state index < -0.39 is 8.38 Å². The molecule has 0 unspecified atom stereocenters. The molecule has 0 rings (SSSR count). The number of unbranched alkanes of at least 4 members (excludes halogenated alkanes) is 1. The Balaban J connectivity index is 3.54. The van der Waals surface area contributed by atoms with Crippen LogP contribution in [0.1, 0.15) is 39.5 Å². The fourth-order valence-electron chi connectivity index (χ4n) is 0.917. The molecular weight excluding hydrogens is 195 g/mol. The van der Waals surface area contributed by atoms with E-state index in [0.29, 0.717) is 0 Å². The molecule has 0 atom stereocenters. The van der Waals surface area contributed by atoms with E-state index >= 15 is 0 Å². The normalized spacial score (nSPS) is 10.8. The Labute approximate surface area is 89.6 Å².